The molecule has 0 atom stereocenters. The smallest absolute Gasteiger partial charge is 0.330 e. The number of esters is 1. The lowest BCUT2D eigenvalue weighted by Crippen LogP contribution is -1.98. The van der Waals surface area contributed by atoms with Gasteiger partial charge < -0.3 is 4.74 Å². The van der Waals surface area contributed by atoms with E-state index in [9.17, 15) is 4.79 Å². The van der Waals surface area contributed by atoms with Crippen molar-refractivity contribution in [3.8, 4) is 0 Å². The molecule has 0 aromatic heterocycles. The molecule has 0 radical (unpaired) electrons. The highest BCUT2D eigenvalue weighted by Crippen LogP contribution is 2.08. The molecule has 0 fully saturated rings. The molecule has 0 aliphatic carbocycles. The van der Waals surface area contributed by atoms with Crippen molar-refractivity contribution < 1.29 is 16.4 Å². The van der Waals surface area contributed by atoms with Gasteiger partial charge in [-0.25, -0.2) is 4.79 Å². The molecule has 26 heavy (non-hydrogen) atoms. The van der Waals surface area contributed by atoms with Crippen LogP contribution in [-0.4, -0.2) is 12.6 Å². The van der Waals surface area contributed by atoms with Gasteiger partial charge in [0, 0.05) is 6.05 Å². The van der Waals surface area contributed by atoms with E-state index in [1.807, 2.05) is 12.2 Å². The van der Waals surface area contributed by atoms with Gasteiger partial charge in [-0.15, -0.1) is 0 Å². The molecular weight excluding hydrogens is 320 g/mol. The molecule has 0 aliphatic rings. The minimum Gasteiger partial charge on any atom is -0.463 e. The van der Waals surface area contributed by atoms with E-state index in [2.05, 4.69) is 17.7 Å². The van der Waals surface area contributed by atoms with Crippen molar-refractivity contribution in [2.45, 2.75) is 65.2 Å². The highest BCUT2D eigenvalue weighted by molar-refractivity contribution is 5.82. The van der Waals surface area contributed by atoms with E-state index in [4.69, 9.17) is 6.85 Å². The van der Waals surface area contributed by atoms with Crippen LogP contribution in [0.5, 0.6) is 0 Å². The first-order valence-corrected chi connectivity index (χ1v) is 9.56. The highest BCUT2D eigenvalue weighted by Gasteiger charge is 1.89. The zero-order chi connectivity index (χ0) is 23.5. The van der Waals surface area contributed by atoms with Crippen molar-refractivity contribution in [2.24, 2.45) is 0 Å². The lowest BCUT2D eigenvalue weighted by Gasteiger charge is -1.98. The first kappa shape index (κ1) is 16.1. The molecule has 0 aromatic carbocycles. The molecule has 0 N–H and O–H groups in total. The Kier molecular flexibility index (Phi) is 13.0. The van der Waals surface area contributed by atoms with Crippen molar-refractivity contribution in [2.75, 3.05) is 6.61 Å². The molecule has 0 unspecified atom stereocenters. The van der Waals surface area contributed by atoms with Crippen LogP contribution >= 0.6 is 0 Å². The number of ether oxygens (including phenoxy) is 1. The second-order valence-corrected chi connectivity index (χ2v) is 5.64. The van der Waals surface area contributed by atoms with Crippen molar-refractivity contribution in [3.63, 3.8) is 0 Å². The average molecular weight is 362 g/mol. The molecule has 0 saturated carbocycles. The Morgan fingerprint density at radius 3 is 2.12 bits per heavy atom. The first-order chi connectivity index (χ1) is 14.9. The van der Waals surface area contributed by atoms with Gasteiger partial charge in [-0.05, 0) is 19.8 Å². The molecule has 0 heterocycles. The predicted octanol–water partition coefficient (Wildman–Crippen LogP) is 7.03. The number of allylic oxidation sites excluding steroid dienone is 11. The summed E-state index contributed by atoms with van der Waals surface area (Å²) in [5, 5.41) is 0. The van der Waals surface area contributed by atoms with Gasteiger partial charge in [-0.2, -0.15) is 0 Å². The van der Waals surface area contributed by atoms with Crippen LogP contribution in [-0.2, 0) is 9.53 Å². The SMILES string of the molecule is [2H]C(=CC=CC=CC=CCCCCCCCCC)C([2H])=C([2H])C([2H])=C([2H])C(=O)OCC. The summed E-state index contributed by atoms with van der Waals surface area (Å²) < 4.78 is 43.2. The van der Waals surface area contributed by atoms with E-state index in [1.54, 1.807) is 25.2 Å². The second-order valence-electron chi connectivity index (χ2n) is 5.64. The summed E-state index contributed by atoms with van der Waals surface area (Å²) in [5.74, 6) is -1.02. The number of rotatable bonds is 15. The summed E-state index contributed by atoms with van der Waals surface area (Å²) in [6.07, 6.45) is 22.5. The van der Waals surface area contributed by atoms with E-state index in [0.29, 0.717) is 0 Å². The second kappa shape index (κ2) is 21.0. The molecule has 0 spiro atoms. The standard InChI is InChI=1S/C24H36O2/c1-3-5-6-7-8-9-10-11-12-13-14-15-16-17-18-19-20-21-22-23-24(25)26-4-2/h12-23H,3-11H2,1-2H3/i19D,20D,21D,22D,23D. The fourth-order valence-electron chi connectivity index (χ4n) is 2.05. The summed E-state index contributed by atoms with van der Waals surface area (Å²) in [4.78, 5) is 11.5. The zero-order valence-corrected chi connectivity index (χ0v) is 16.2. The van der Waals surface area contributed by atoms with Gasteiger partial charge in [-0.1, -0.05) is 112 Å². The maximum Gasteiger partial charge on any atom is 0.330 e. The molecule has 0 saturated heterocycles. The Labute approximate surface area is 167 Å². The molecular formula is C24H36O2. The van der Waals surface area contributed by atoms with Gasteiger partial charge in [0.15, 0.2) is 0 Å². The largest absolute Gasteiger partial charge is 0.463 e. The summed E-state index contributed by atoms with van der Waals surface area (Å²) in [6, 6.07) is -3.04. The average Bonchev–Trinajstić information content (AvgIpc) is 2.77. The predicted molar refractivity (Wildman–Crippen MR) is 114 cm³/mol. The van der Waals surface area contributed by atoms with Crippen LogP contribution in [0.3, 0.4) is 0 Å². The minimum absolute atomic E-state index is 0.0511. The van der Waals surface area contributed by atoms with E-state index in [-0.39, 0.29) is 12.7 Å². The number of unbranched alkanes of at least 4 members (excludes halogenated alkanes) is 7. The Balaban J connectivity index is 4.52. The number of carbonyl (C=O) groups excluding carboxylic acids is 1. The summed E-state index contributed by atoms with van der Waals surface area (Å²) in [5.41, 5.74) is 0. The third-order valence-corrected chi connectivity index (χ3v) is 3.37. The minimum atomic E-state index is -1.02. The van der Waals surface area contributed by atoms with Gasteiger partial charge in [0.05, 0.1) is 13.5 Å². The number of hydrogen-bond donors (Lipinski definition) is 0. The number of hydrogen-bond acceptors (Lipinski definition) is 2. The molecule has 2 heteroatoms. The van der Waals surface area contributed by atoms with E-state index in [0.717, 1.165) is 6.42 Å². The Morgan fingerprint density at radius 2 is 1.38 bits per heavy atom. The molecule has 0 rings (SSSR count). The summed E-state index contributed by atoms with van der Waals surface area (Å²) >= 11 is 0. The molecule has 0 aromatic rings. The fraction of sp³-hybridized carbons (Fsp3) is 0.458. The normalized spacial score (nSPS) is 17.5. The van der Waals surface area contributed by atoms with Crippen molar-refractivity contribution in [1.82, 2.24) is 0 Å². The maximum atomic E-state index is 11.5. The van der Waals surface area contributed by atoms with Crippen LogP contribution in [0.2, 0.25) is 0 Å². The van der Waals surface area contributed by atoms with Crippen LogP contribution in [0.4, 0.5) is 0 Å². The maximum absolute atomic E-state index is 11.5. The van der Waals surface area contributed by atoms with E-state index >= 15 is 0 Å². The zero-order valence-electron chi connectivity index (χ0n) is 21.2. The van der Waals surface area contributed by atoms with Gasteiger partial charge in [-0.3, -0.25) is 0 Å². The third kappa shape index (κ3) is 20.0. The lowest BCUT2D eigenvalue weighted by atomic mass is 10.1. The Bertz CT molecular complexity index is 715. The Hall–Kier alpha value is -2.09. The van der Waals surface area contributed by atoms with Crippen LogP contribution in [0.15, 0.2) is 72.8 Å². The lowest BCUT2D eigenvalue weighted by molar-refractivity contribution is -0.137. The van der Waals surface area contributed by atoms with Crippen LogP contribution < -0.4 is 0 Å². The van der Waals surface area contributed by atoms with Gasteiger partial charge >= 0.3 is 5.97 Å². The highest BCUT2D eigenvalue weighted by atomic mass is 16.5. The monoisotopic (exact) mass is 361 g/mol. The third-order valence-electron chi connectivity index (χ3n) is 3.37. The molecule has 2 nitrogen and oxygen atoms in total. The quantitative estimate of drug-likeness (QED) is 0.135. The van der Waals surface area contributed by atoms with Gasteiger partial charge in [0.25, 0.3) is 0 Å². The fourth-order valence-corrected chi connectivity index (χ4v) is 2.05. The van der Waals surface area contributed by atoms with Gasteiger partial charge in [0.1, 0.15) is 0 Å². The molecule has 0 aliphatic heterocycles. The molecule has 0 bridgehead atoms. The van der Waals surface area contributed by atoms with Crippen LogP contribution in [0.1, 0.15) is 72.1 Å². The van der Waals surface area contributed by atoms with Gasteiger partial charge in [0.2, 0.25) is 0 Å². The molecule has 144 valence electrons. The van der Waals surface area contributed by atoms with Crippen molar-refractivity contribution >= 4 is 5.97 Å². The topological polar surface area (TPSA) is 26.3 Å². The van der Waals surface area contributed by atoms with Crippen molar-refractivity contribution in [1.29, 1.82) is 0 Å². The van der Waals surface area contributed by atoms with Crippen molar-refractivity contribution in [3.05, 3.63) is 72.8 Å². The van der Waals surface area contributed by atoms with E-state index in [1.165, 1.54) is 51.0 Å². The Morgan fingerprint density at radius 1 is 0.769 bits per heavy atom. The van der Waals surface area contributed by atoms with Crippen LogP contribution in [0, 0.1) is 0 Å². The van der Waals surface area contributed by atoms with E-state index < -0.39 is 30.2 Å². The van der Waals surface area contributed by atoms with Crippen LogP contribution in [0.25, 0.3) is 0 Å². The first-order valence-electron chi connectivity index (χ1n) is 12.1. The summed E-state index contributed by atoms with van der Waals surface area (Å²) in [6.45, 7) is 3.85. The molecule has 0 amide bonds. The number of carbonyl (C=O) groups is 1. The summed E-state index contributed by atoms with van der Waals surface area (Å²) in [7, 11) is 0.